The van der Waals surface area contributed by atoms with Crippen molar-refractivity contribution in [3.8, 4) is 0 Å². The summed E-state index contributed by atoms with van der Waals surface area (Å²) in [4.78, 5) is 12.8. The zero-order chi connectivity index (χ0) is 50.2. The minimum absolute atomic E-state index is 0.0614. The Balaban J connectivity index is 1.12. The van der Waals surface area contributed by atoms with E-state index in [2.05, 4.69) is 19.9 Å². The summed E-state index contributed by atoms with van der Waals surface area (Å²) in [5.74, 6) is -2.27. The Labute approximate surface area is 395 Å². The van der Waals surface area contributed by atoms with Crippen molar-refractivity contribution < 1.29 is 105 Å². The smallest absolute Gasteiger partial charge is 0.335 e. The van der Waals surface area contributed by atoms with E-state index in [0.29, 0.717) is 38.5 Å². The van der Waals surface area contributed by atoms with Gasteiger partial charge in [0.15, 0.2) is 31.6 Å². The van der Waals surface area contributed by atoms with Gasteiger partial charge in [-0.3, -0.25) is 0 Å². The zero-order valence-corrected chi connectivity index (χ0v) is 39.8. The molecule has 8 aliphatic rings. The summed E-state index contributed by atoms with van der Waals surface area (Å²) in [7, 11) is 0. The molecule has 21 nitrogen and oxygen atoms in total. The first kappa shape index (κ1) is 52.8. The third-order valence-electron chi connectivity index (χ3n) is 19.5. The maximum Gasteiger partial charge on any atom is 0.335 e. The SMILES string of the molecule is CC1(C)CC2C3=CCC4[C@@]5(C)CC[C@H](O[C@@H]6OC(C(=O)O)[C@@H](O)C(O[C@@H]7O[C@@H](CO)C(O)C7O)C6O[C@@H]6OC(CO)[C@H](O)C(O)C6O)C(C)(C)C5CC[C@@]4(C)[C@]3(C)[C@@H](O)[C@@H](O)[C@@]2(C[OH2+])[C@@H](O)[C@@H]1O. The molecular weight excluding hydrogens is 900 g/mol. The predicted molar refractivity (Wildman–Crippen MR) is 232 cm³/mol. The number of hydrogen-bond donors (Lipinski definition) is 13. The van der Waals surface area contributed by atoms with E-state index in [1.54, 1.807) is 0 Å². The van der Waals surface area contributed by atoms with Gasteiger partial charge in [0.1, 0.15) is 66.5 Å². The number of fused-ring (bicyclic) bond motifs is 7. The highest BCUT2D eigenvalue weighted by molar-refractivity contribution is 5.73. The minimum atomic E-state index is -2.10. The van der Waals surface area contributed by atoms with Crippen LogP contribution >= 0.6 is 0 Å². The summed E-state index contributed by atoms with van der Waals surface area (Å²) in [6.45, 7) is 12.3. The number of hydrogen-bond acceptors (Lipinski definition) is 19. The molecule has 7 fully saturated rings. The maximum absolute atomic E-state index is 12.8. The van der Waals surface area contributed by atoms with E-state index in [0.717, 1.165) is 5.57 Å². The lowest BCUT2D eigenvalue weighted by Crippen LogP contribution is -2.76. The van der Waals surface area contributed by atoms with Crippen LogP contribution in [0.3, 0.4) is 0 Å². The summed E-state index contributed by atoms with van der Waals surface area (Å²) >= 11 is 0. The number of aliphatic hydroxyl groups is 12. The molecule has 0 bridgehead atoms. The average Bonchev–Trinajstić information content (AvgIpc) is 3.55. The predicted octanol–water partition coefficient (Wildman–Crippen LogP) is -3.04. The number of rotatable bonds is 10. The molecule has 0 aromatic rings. The van der Waals surface area contributed by atoms with E-state index in [1.165, 1.54) is 0 Å². The van der Waals surface area contributed by atoms with Crippen LogP contribution in [0, 0.1) is 50.2 Å². The van der Waals surface area contributed by atoms with Gasteiger partial charge in [-0.1, -0.05) is 60.1 Å². The van der Waals surface area contributed by atoms with Gasteiger partial charge in [0.2, 0.25) is 0 Å². The lowest BCUT2D eigenvalue weighted by atomic mass is 9.32. The lowest BCUT2D eigenvalue weighted by Gasteiger charge is -2.73. The van der Waals surface area contributed by atoms with Gasteiger partial charge in [-0.25, -0.2) is 4.79 Å². The van der Waals surface area contributed by atoms with Gasteiger partial charge in [-0.2, -0.15) is 0 Å². The largest absolute Gasteiger partial charge is 0.479 e. The third-order valence-corrected chi connectivity index (χ3v) is 19.5. The molecular formula is C47H77O21+. The number of aliphatic hydroxyl groups excluding tert-OH is 12. The van der Waals surface area contributed by atoms with Crippen molar-refractivity contribution in [2.24, 2.45) is 50.2 Å². The van der Waals surface area contributed by atoms with Gasteiger partial charge in [-0.05, 0) is 77.9 Å². The fourth-order valence-corrected chi connectivity index (χ4v) is 15.3. The number of ether oxygens (including phenoxy) is 6. The summed E-state index contributed by atoms with van der Waals surface area (Å²) < 4.78 is 36.2. The van der Waals surface area contributed by atoms with E-state index < -0.39 is 181 Å². The molecule has 3 saturated heterocycles. The fourth-order valence-electron chi connectivity index (χ4n) is 15.3. The first-order chi connectivity index (χ1) is 31.6. The third kappa shape index (κ3) is 7.46. The van der Waals surface area contributed by atoms with Crippen molar-refractivity contribution in [3.05, 3.63) is 11.6 Å². The number of carboxylic acids is 1. The molecule has 390 valence electrons. The summed E-state index contributed by atoms with van der Waals surface area (Å²) in [6, 6.07) is 0. The van der Waals surface area contributed by atoms with Gasteiger partial charge in [0.25, 0.3) is 0 Å². The van der Waals surface area contributed by atoms with Gasteiger partial charge in [0, 0.05) is 5.41 Å². The van der Waals surface area contributed by atoms with Crippen molar-refractivity contribution in [2.45, 2.75) is 204 Å². The van der Waals surface area contributed by atoms with Gasteiger partial charge >= 0.3 is 5.97 Å². The standard InChI is InChI=1S/C47H76O21/c1-42(2)14-19-18-8-9-23-44(5)12-11-24(43(3,4)22(44)10-13-45(23,6)46(18,7)35(58)37(60)47(19,17-50)36(59)34(42)57)65-41-33(68-40-29(55)27(53)25(51)20(15-48)63-40)31(30(56)32(67-41)38(61)62)66-39-28(54)26(52)21(16-49)64-39/h8,19-37,39-41,48-60H,9-17H2,1-7H3,(H,61,62)/p+1/t19?,20?,21-,22?,23?,24-,25-,26?,27?,28?,29?,30-,31?,32?,33?,34-,35-,36-,37+,39-,40-,41+,44-,45+,46-,47+/m0/s1. The first-order valence-electron chi connectivity index (χ1n) is 24.2. The molecule has 3 heterocycles. The van der Waals surface area contributed by atoms with Crippen LogP contribution in [-0.2, 0) is 33.2 Å². The monoisotopic (exact) mass is 977 g/mol. The van der Waals surface area contributed by atoms with Crippen LogP contribution in [0.4, 0.5) is 0 Å². The molecule has 68 heavy (non-hydrogen) atoms. The molecule has 3 aliphatic heterocycles. The molecule has 11 unspecified atom stereocenters. The molecule has 21 heteroatoms. The van der Waals surface area contributed by atoms with Crippen LogP contribution in [0.15, 0.2) is 11.6 Å². The van der Waals surface area contributed by atoms with Crippen molar-refractivity contribution in [3.63, 3.8) is 0 Å². The Morgan fingerprint density at radius 3 is 1.79 bits per heavy atom. The molecule has 5 aliphatic carbocycles. The molecule has 0 aromatic carbocycles. The van der Waals surface area contributed by atoms with Crippen molar-refractivity contribution >= 4 is 5.97 Å². The number of allylic oxidation sites excluding steroid dienone is 1. The second-order valence-electron chi connectivity index (χ2n) is 23.3. The molecule has 15 N–H and O–H groups in total. The van der Waals surface area contributed by atoms with Crippen LogP contribution in [0.2, 0.25) is 0 Å². The Bertz CT molecular complexity index is 1880. The number of aliphatic carboxylic acids is 1. The molecule has 4 saturated carbocycles. The molecule has 26 atom stereocenters. The quantitative estimate of drug-likeness (QED) is 0.0588. The highest BCUT2D eigenvalue weighted by Crippen LogP contribution is 2.76. The van der Waals surface area contributed by atoms with E-state index >= 15 is 0 Å². The maximum atomic E-state index is 12.8. The van der Waals surface area contributed by atoms with Crippen LogP contribution in [0.5, 0.6) is 0 Å². The topological polar surface area (TPSA) is 358 Å². The lowest BCUT2D eigenvalue weighted by molar-refractivity contribution is -0.386. The van der Waals surface area contributed by atoms with Crippen LogP contribution < -0.4 is 0 Å². The summed E-state index contributed by atoms with van der Waals surface area (Å²) in [5, 5.41) is 152. The Kier molecular flexibility index (Phi) is 14.1. The Morgan fingerprint density at radius 2 is 1.22 bits per heavy atom. The molecule has 0 aromatic heterocycles. The first-order valence-corrected chi connectivity index (χ1v) is 24.2. The average molecular weight is 978 g/mol. The zero-order valence-electron chi connectivity index (χ0n) is 39.8. The van der Waals surface area contributed by atoms with Gasteiger partial charge in [0.05, 0.1) is 43.7 Å². The molecule has 0 radical (unpaired) electrons. The van der Waals surface area contributed by atoms with Crippen LogP contribution in [-0.4, -0.2) is 214 Å². The molecule has 0 amide bonds. The van der Waals surface area contributed by atoms with Crippen LogP contribution in [0.25, 0.3) is 0 Å². The summed E-state index contributed by atoms with van der Waals surface area (Å²) in [5.41, 5.74) is -4.08. The highest BCUT2D eigenvalue weighted by Gasteiger charge is 2.76. The van der Waals surface area contributed by atoms with E-state index in [4.69, 9.17) is 33.5 Å². The molecule has 0 spiro atoms. The Morgan fingerprint density at radius 1 is 0.662 bits per heavy atom. The van der Waals surface area contributed by atoms with E-state index in [9.17, 15) is 71.2 Å². The van der Waals surface area contributed by atoms with Crippen molar-refractivity contribution in [1.82, 2.24) is 0 Å². The fraction of sp³-hybridized carbons (Fsp3) is 0.936. The molecule has 8 rings (SSSR count). The Hall–Kier alpha value is -1.55. The van der Waals surface area contributed by atoms with Gasteiger partial charge < -0.3 is 99.9 Å². The second-order valence-corrected chi connectivity index (χ2v) is 23.3. The number of carbonyl (C=O) groups is 1. The minimum Gasteiger partial charge on any atom is -0.479 e. The normalized spacial score (nSPS) is 55.3. The second kappa shape index (κ2) is 18.1. The van der Waals surface area contributed by atoms with E-state index in [-0.39, 0.29) is 11.8 Å². The summed E-state index contributed by atoms with van der Waals surface area (Å²) in [6.07, 6.45) is -26.0. The van der Waals surface area contributed by atoms with Crippen LogP contribution in [0.1, 0.15) is 87.0 Å². The van der Waals surface area contributed by atoms with E-state index in [1.807, 2.05) is 34.6 Å². The highest BCUT2D eigenvalue weighted by atomic mass is 16.8. The van der Waals surface area contributed by atoms with Gasteiger partial charge in [-0.15, -0.1) is 0 Å². The van der Waals surface area contributed by atoms with Crippen molar-refractivity contribution in [2.75, 3.05) is 19.8 Å². The van der Waals surface area contributed by atoms with Crippen molar-refractivity contribution in [1.29, 1.82) is 0 Å². The number of carboxylic acid groups (broad SMARTS) is 1.